The monoisotopic (exact) mass is 494 g/mol. The molecule has 3 rings (SSSR count). The molecule has 2 aromatic rings. The number of anilines is 1. The topological polar surface area (TPSA) is 125 Å². The van der Waals surface area contributed by atoms with Gasteiger partial charge >= 0.3 is 0 Å². The van der Waals surface area contributed by atoms with Gasteiger partial charge in [0.15, 0.2) is 0 Å². The van der Waals surface area contributed by atoms with E-state index < -0.39 is 40.3 Å². The molecule has 1 aliphatic rings. The van der Waals surface area contributed by atoms with Crippen molar-refractivity contribution in [3.8, 4) is 5.75 Å². The first-order valence-corrected chi connectivity index (χ1v) is 11.6. The van der Waals surface area contributed by atoms with Crippen molar-refractivity contribution in [1.29, 1.82) is 0 Å². The first kappa shape index (κ1) is 24.6. The minimum atomic E-state index is -3.87. The van der Waals surface area contributed by atoms with E-state index >= 15 is 0 Å². The van der Waals surface area contributed by atoms with Gasteiger partial charge in [0, 0.05) is 7.05 Å². The summed E-state index contributed by atoms with van der Waals surface area (Å²) in [5.41, 5.74) is 5.99. The van der Waals surface area contributed by atoms with E-state index in [1.807, 2.05) is 6.92 Å². The van der Waals surface area contributed by atoms with Gasteiger partial charge < -0.3 is 4.74 Å². The number of nitrogens with zero attached hydrogens (tertiary/aromatic N) is 2. The third kappa shape index (κ3) is 5.33. The number of rotatable bonds is 8. The molecule has 2 N–H and O–H groups in total. The summed E-state index contributed by atoms with van der Waals surface area (Å²) in [4.78, 5) is 38.4. The van der Waals surface area contributed by atoms with Crippen LogP contribution in [0.25, 0.3) is 0 Å². The number of likely N-dealkylation sites (N-methyl/N-ethyl adjacent to an activating group) is 1. The number of sulfonamides is 1. The van der Waals surface area contributed by atoms with E-state index in [4.69, 9.17) is 16.3 Å². The largest absolute Gasteiger partial charge is 0.495 e. The zero-order valence-corrected chi connectivity index (χ0v) is 19.7. The molecule has 0 saturated carbocycles. The number of imide groups is 1. The lowest BCUT2D eigenvalue weighted by Gasteiger charge is -2.19. The van der Waals surface area contributed by atoms with Crippen LogP contribution in [-0.2, 0) is 24.4 Å². The SMILES string of the molecule is COc1ccc(N2C(=O)C[C@H](NNC(=O)CN(C)S(=O)(=O)c3ccc(C)cc3)C2=O)cc1Cl. The predicted molar refractivity (Wildman–Crippen MR) is 121 cm³/mol. The number of amides is 3. The van der Waals surface area contributed by atoms with Gasteiger partial charge in [0.1, 0.15) is 11.8 Å². The number of hydrogen-bond donors (Lipinski definition) is 2. The van der Waals surface area contributed by atoms with E-state index in [1.165, 1.54) is 44.5 Å². The third-order valence-electron chi connectivity index (χ3n) is 5.02. The second-order valence-corrected chi connectivity index (χ2v) is 9.86. The molecule has 1 saturated heterocycles. The van der Waals surface area contributed by atoms with Crippen LogP contribution in [0.5, 0.6) is 5.75 Å². The Morgan fingerprint density at radius 3 is 2.48 bits per heavy atom. The highest BCUT2D eigenvalue weighted by molar-refractivity contribution is 7.89. The van der Waals surface area contributed by atoms with Gasteiger partial charge in [-0.2, -0.15) is 4.31 Å². The molecular weight excluding hydrogens is 472 g/mol. The maximum Gasteiger partial charge on any atom is 0.253 e. The molecule has 0 bridgehead atoms. The van der Waals surface area contributed by atoms with E-state index in [0.717, 1.165) is 14.8 Å². The molecule has 12 heteroatoms. The molecule has 1 fully saturated rings. The van der Waals surface area contributed by atoms with Gasteiger partial charge in [-0.15, -0.1) is 0 Å². The second kappa shape index (κ2) is 9.87. The van der Waals surface area contributed by atoms with E-state index in [1.54, 1.807) is 12.1 Å². The summed E-state index contributed by atoms with van der Waals surface area (Å²) in [6.45, 7) is 1.34. The molecule has 1 aliphatic heterocycles. The number of halogens is 1. The van der Waals surface area contributed by atoms with Crippen LogP contribution in [0.2, 0.25) is 5.02 Å². The molecule has 1 atom stereocenters. The highest BCUT2D eigenvalue weighted by atomic mass is 35.5. The molecule has 33 heavy (non-hydrogen) atoms. The average molecular weight is 495 g/mol. The van der Waals surface area contributed by atoms with Gasteiger partial charge in [-0.05, 0) is 37.3 Å². The van der Waals surface area contributed by atoms with Crippen molar-refractivity contribution in [3.05, 3.63) is 53.1 Å². The molecule has 176 valence electrons. The fourth-order valence-corrected chi connectivity index (χ4v) is 4.57. The third-order valence-corrected chi connectivity index (χ3v) is 7.13. The van der Waals surface area contributed by atoms with Gasteiger partial charge in [-0.3, -0.25) is 19.8 Å². The predicted octanol–water partition coefficient (Wildman–Crippen LogP) is 1.23. The summed E-state index contributed by atoms with van der Waals surface area (Å²) in [6, 6.07) is 9.71. The fourth-order valence-electron chi connectivity index (χ4n) is 3.19. The van der Waals surface area contributed by atoms with Crippen LogP contribution < -0.4 is 20.5 Å². The van der Waals surface area contributed by atoms with Gasteiger partial charge in [0.05, 0.1) is 35.7 Å². The highest BCUT2D eigenvalue weighted by Crippen LogP contribution is 2.31. The average Bonchev–Trinajstić information content (AvgIpc) is 3.05. The number of hydrazine groups is 1. The van der Waals surface area contributed by atoms with E-state index in [2.05, 4.69) is 10.9 Å². The lowest BCUT2D eigenvalue weighted by Crippen LogP contribution is -2.51. The number of aryl methyl sites for hydroxylation is 1. The standard InChI is InChI=1S/C21H23ClN4O6S/c1-13-4-7-15(8-5-13)33(30,31)25(2)12-19(27)24-23-17-11-20(28)26(21(17)29)14-6-9-18(32-3)16(22)10-14/h4-10,17,23H,11-12H2,1-3H3,(H,24,27)/t17-/m0/s1. The molecule has 0 aromatic heterocycles. The molecule has 3 amide bonds. The summed E-state index contributed by atoms with van der Waals surface area (Å²) in [5.74, 6) is -1.36. The Kier molecular flexibility index (Phi) is 7.38. The Morgan fingerprint density at radius 1 is 1.21 bits per heavy atom. The smallest absolute Gasteiger partial charge is 0.253 e. The maximum atomic E-state index is 12.7. The van der Waals surface area contributed by atoms with Crippen LogP contribution in [-0.4, -0.2) is 57.2 Å². The summed E-state index contributed by atoms with van der Waals surface area (Å²) >= 11 is 6.08. The molecule has 0 spiro atoms. The molecule has 0 aliphatic carbocycles. The van der Waals surface area contributed by atoms with E-state index in [0.29, 0.717) is 5.75 Å². The highest BCUT2D eigenvalue weighted by Gasteiger charge is 2.40. The summed E-state index contributed by atoms with van der Waals surface area (Å²) in [6.07, 6.45) is -0.194. The first-order chi connectivity index (χ1) is 15.5. The molecule has 0 radical (unpaired) electrons. The van der Waals surface area contributed by atoms with Crippen molar-refractivity contribution in [2.45, 2.75) is 24.3 Å². The number of ether oxygens (including phenoxy) is 1. The van der Waals surface area contributed by atoms with Gasteiger partial charge in [0.2, 0.25) is 21.8 Å². The van der Waals surface area contributed by atoms with Crippen LogP contribution in [0.3, 0.4) is 0 Å². The zero-order valence-electron chi connectivity index (χ0n) is 18.2. The van der Waals surface area contributed by atoms with Crippen molar-refractivity contribution < 1.29 is 27.5 Å². The maximum absolute atomic E-state index is 12.7. The Morgan fingerprint density at radius 2 is 1.88 bits per heavy atom. The van der Waals surface area contributed by atoms with Crippen molar-refractivity contribution in [3.63, 3.8) is 0 Å². The first-order valence-electron chi connectivity index (χ1n) is 9.82. The second-order valence-electron chi connectivity index (χ2n) is 7.41. The minimum Gasteiger partial charge on any atom is -0.495 e. The van der Waals surface area contributed by atoms with Gasteiger partial charge in [0.25, 0.3) is 5.91 Å². The number of benzene rings is 2. The number of carbonyl (C=O) groups excluding carboxylic acids is 3. The quantitative estimate of drug-likeness (QED) is 0.417. The Labute approximate surface area is 196 Å². The molecule has 10 nitrogen and oxygen atoms in total. The summed E-state index contributed by atoms with van der Waals surface area (Å²) < 4.78 is 31.2. The Hall–Kier alpha value is -2.99. The Balaban J connectivity index is 1.60. The Bertz CT molecular complexity index is 1190. The van der Waals surface area contributed by atoms with Crippen LogP contribution in [0.1, 0.15) is 12.0 Å². The summed E-state index contributed by atoms with van der Waals surface area (Å²) in [7, 11) is -1.15. The number of hydrogen-bond acceptors (Lipinski definition) is 7. The van der Waals surface area contributed by atoms with Crippen molar-refractivity contribution >= 4 is 45.0 Å². The van der Waals surface area contributed by atoms with Crippen LogP contribution in [0.4, 0.5) is 5.69 Å². The lowest BCUT2D eigenvalue weighted by atomic mass is 10.2. The van der Waals surface area contributed by atoms with Gasteiger partial charge in [-0.25, -0.2) is 18.7 Å². The molecule has 0 unspecified atom stereocenters. The zero-order chi connectivity index (χ0) is 24.3. The van der Waals surface area contributed by atoms with Gasteiger partial charge in [-0.1, -0.05) is 29.3 Å². The lowest BCUT2D eigenvalue weighted by molar-refractivity contribution is -0.123. The number of methoxy groups -OCH3 is 1. The molecule has 1 heterocycles. The van der Waals surface area contributed by atoms with Crippen molar-refractivity contribution in [1.82, 2.24) is 15.2 Å². The van der Waals surface area contributed by atoms with Crippen molar-refractivity contribution in [2.75, 3.05) is 25.6 Å². The fraction of sp³-hybridized carbons (Fsp3) is 0.286. The minimum absolute atomic E-state index is 0.0571. The van der Waals surface area contributed by atoms with Crippen LogP contribution in [0, 0.1) is 6.92 Å². The van der Waals surface area contributed by atoms with E-state index in [9.17, 15) is 22.8 Å². The number of nitrogens with one attached hydrogen (secondary N) is 2. The molecular formula is C21H23ClN4O6S. The number of carbonyl (C=O) groups is 3. The normalized spacial score (nSPS) is 16.4. The molecule has 2 aromatic carbocycles. The van der Waals surface area contributed by atoms with Crippen LogP contribution in [0.15, 0.2) is 47.4 Å². The van der Waals surface area contributed by atoms with Crippen molar-refractivity contribution in [2.24, 2.45) is 0 Å². The summed E-state index contributed by atoms with van der Waals surface area (Å²) in [5, 5.41) is 0.234. The van der Waals surface area contributed by atoms with E-state index in [-0.39, 0.29) is 22.0 Å². The van der Waals surface area contributed by atoms with Crippen LogP contribution >= 0.6 is 11.6 Å².